The van der Waals surface area contributed by atoms with Gasteiger partial charge in [-0.25, -0.2) is 0 Å². The third kappa shape index (κ3) is 3.67. The number of piperidine rings is 1. The van der Waals surface area contributed by atoms with Crippen LogP contribution in [0.15, 0.2) is 17.5 Å². The standard InChI is InChI=1S/C17H25NO2S/c1-17(16(19)20-15-6-5-11-21-15)8-7-14(12-17)13-18-9-3-2-4-10-18/h5-6,11,14H,2-4,7-10,12-13H2,1H3. The number of carbonyl (C=O) groups excluding carboxylic acids is 1. The molecule has 0 N–H and O–H groups in total. The van der Waals surface area contributed by atoms with Gasteiger partial charge in [-0.3, -0.25) is 4.79 Å². The molecule has 2 fully saturated rings. The summed E-state index contributed by atoms with van der Waals surface area (Å²) < 4.78 is 5.55. The lowest BCUT2D eigenvalue weighted by Gasteiger charge is -2.29. The molecule has 0 amide bonds. The van der Waals surface area contributed by atoms with Crippen LogP contribution in [0.1, 0.15) is 45.4 Å². The van der Waals surface area contributed by atoms with Crippen LogP contribution in [-0.4, -0.2) is 30.5 Å². The van der Waals surface area contributed by atoms with Gasteiger partial charge < -0.3 is 9.64 Å². The van der Waals surface area contributed by atoms with Gasteiger partial charge in [0.25, 0.3) is 0 Å². The Kier molecular flexibility index (Phi) is 4.65. The zero-order valence-electron chi connectivity index (χ0n) is 12.8. The average Bonchev–Trinajstić information content (AvgIpc) is 3.11. The second-order valence-electron chi connectivity index (χ2n) is 6.85. The van der Waals surface area contributed by atoms with Crippen molar-refractivity contribution in [2.45, 2.75) is 45.4 Å². The topological polar surface area (TPSA) is 29.5 Å². The molecule has 2 heterocycles. The Balaban J connectivity index is 1.53. The van der Waals surface area contributed by atoms with Crippen molar-refractivity contribution in [3.05, 3.63) is 17.5 Å². The number of hydrogen-bond acceptors (Lipinski definition) is 4. The first-order valence-electron chi connectivity index (χ1n) is 8.14. The van der Waals surface area contributed by atoms with Crippen LogP contribution in [0.25, 0.3) is 0 Å². The van der Waals surface area contributed by atoms with Gasteiger partial charge in [-0.1, -0.05) is 6.42 Å². The molecule has 1 aliphatic heterocycles. The molecular weight excluding hydrogens is 282 g/mol. The van der Waals surface area contributed by atoms with E-state index >= 15 is 0 Å². The van der Waals surface area contributed by atoms with Crippen LogP contribution in [0.2, 0.25) is 0 Å². The molecule has 2 atom stereocenters. The Morgan fingerprint density at radius 3 is 2.95 bits per heavy atom. The number of likely N-dealkylation sites (tertiary alicyclic amines) is 1. The highest BCUT2D eigenvalue weighted by atomic mass is 32.1. The van der Waals surface area contributed by atoms with Crippen molar-refractivity contribution in [1.82, 2.24) is 4.90 Å². The van der Waals surface area contributed by atoms with E-state index in [-0.39, 0.29) is 11.4 Å². The van der Waals surface area contributed by atoms with Crippen LogP contribution in [0, 0.1) is 11.3 Å². The number of thiophene rings is 1. The Morgan fingerprint density at radius 2 is 2.24 bits per heavy atom. The minimum atomic E-state index is -0.287. The molecule has 2 aliphatic rings. The summed E-state index contributed by atoms with van der Waals surface area (Å²) in [6.07, 6.45) is 7.16. The van der Waals surface area contributed by atoms with Crippen molar-refractivity contribution >= 4 is 17.3 Å². The molecule has 2 unspecified atom stereocenters. The van der Waals surface area contributed by atoms with E-state index in [0.717, 1.165) is 24.3 Å². The zero-order valence-corrected chi connectivity index (χ0v) is 13.7. The van der Waals surface area contributed by atoms with Crippen LogP contribution in [0.3, 0.4) is 0 Å². The highest BCUT2D eigenvalue weighted by Crippen LogP contribution is 2.43. The number of carbonyl (C=O) groups is 1. The van der Waals surface area contributed by atoms with Gasteiger partial charge in [0, 0.05) is 6.54 Å². The van der Waals surface area contributed by atoms with Gasteiger partial charge in [0.1, 0.15) is 0 Å². The molecule has 1 aromatic rings. The van der Waals surface area contributed by atoms with Gasteiger partial charge in [-0.2, -0.15) is 0 Å². The summed E-state index contributed by atoms with van der Waals surface area (Å²) in [5.41, 5.74) is -0.287. The molecule has 116 valence electrons. The SMILES string of the molecule is CC1(C(=O)Oc2cccs2)CCC(CN2CCCCC2)C1. The first-order valence-corrected chi connectivity index (χ1v) is 9.02. The van der Waals surface area contributed by atoms with Crippen molar-refractivity contribution in [2.24, 2.45) is 11.3 Å². The molecule has 0 radical (unpaired) electrons. The first kappa shape index (κ1) is 15.0. The lowest BCUT2D eigenvalue weighted by Crippen LogP contribution is -2.35. The van der Waals surface area contributed by atoms with Gasteiger partial charge in [-0.05, 0) is 75.5 Å². The summed E-state index contributed by atoms with van der Waals surface area (Å²) in [5, 5.41) is 2.67. The van der Waals surface area contributed by atoms with E-state index in [1.54, 1.807) is 0 Å². The molecule has 0 aromatic carbocycles. The van der Waals surface area contributed by atoms with E-state index in [9.17, 15) is 4.79 Å². The van der Waals surface area contributed by atoms with Crippen molar-refractivity contribution in [1.29, 1.82) is 0 Å². The molecule has 0 spiro atoms. The summed E-state index contributed by atoms with van der Waals surface area (Å²) in [5.74, 6) is 0.620. The zero-order chi connectivity index (χ0) is 14.7. The van der Waals surface area contributed by atoms with E-state index in [2.05, 4.69) is 11.8 Å². The van der Waals surface area contributed by atoms with Crippen molar-refractivity contribution in [3.63, 3.8) is 0 Å². The van der Waals surface area contributed by atoms with E-state index < -0.39 is 0 Å². The highest BCUT2D eigenvalue weighted by molar-refractivity contribution is 7.11. The molecule has 21 heavy (non-hydrogen) atoms. The van der Waals surface area contributed by atoms with Crippen LogP contribution in [0.4, 0.5) is 0 Å². The monoisotopic (exact) mass is 307 g/mol. The van der Waals surface area contributed by atoms with E-state index in [1.807, 2.05) is 17.5 Å². The Hall–Kier alpha value is -0.870. The van der Waals surface area contributed by atoms with E-state index in [1.165, 1.54) is 50.2 Å². The molecule has 1 saturated heterocycles. The fourth-order valence-corrected chi connectivity index (χ4v) is 4.32. The van der Waals surface area contributed by atoms with Gasteiger partial charge in [0.05, 0.1) is 5.41 Å². The second-order valence-corrected chi connectivity index (χ2v) is 7.76. The minimum Gasteiger partial charge on any atom is -0.415 e. The maximum absolute atomic E-state index is 12.4. The maximum Gasteiger partial charge on any atom is 0.317 e. The molecule has 4 heteroatoms. The third-order valence-corrected chi connectivity index (χ3v) is 5.73. The van der Waals surface area contributed by atoms with Gasteiger partial charge >= 0.3 is 5.97 Å². The van der Waals surface area contributed by atoms with Crippen molar-refractivity contribution < 1.29 is 9.53 Å². The predicted octanol–water partition coefficient (Wildman–Crippen LogP) is 3.95. The number of hydrogen-bond donors (Lipinski definition) is 0. The highest BCUT2D eigenvalue weighted by Gasteiger charge is 2.43. The van der Waals surface area contributed by atoms with Gasteiger partial charge in [-0.15, -0.1) is 11.3 Å². The van der Waals surface area contributed by atoms with Crippen molar-refractivity contribution in [3.8, 4) is 5.06 Å². The van der Waals surface area contributed by atoms with E-state index in [4.69, 9.17) is 4.74 Å². The van der Waals surface area contributed by atoms with Crippen LogP contribution < -0.4 is 4.74 Å². The van der Waals surface area contributed by atoms with Crippen LogP contribution in [-0.2, 0) is 4.79 Å². The average molecular weight is 307 g/mol. The smallest absolute Gasteiger partial charge is 0.317 e. The predicted molar refractivity (Wildman–Crippen MR) is 85.7 cm³/mol. The lowest BCUT2D eigenvalue weighted by molar-refractivity contribution is -0.144. The summed E-state index contributed by atoms with van der Waals surface area (Å²) in [6, 6.07) is 3.79. The molecule has 3 rings (SSSR count). The van der Waals surface area contributed by atoms with Gasteiger partial charge in [0.15, 0.2) is 5.06 Å². The summed E-state index contributed by atoms with van der Waals surface area (Å²) in [6.45, 7) is 5.74. The molecule has 1 aromatic heterocycles. The summed E-state index contributed by atoms with van der Waals surface area (Å²) in [7, 11) is 0. The lowest BCUT2D eigenvalue weighted by atomic mass is 9.87. The van der Waals surface area contributed by atoms with E-state index in [0.29, 0.717) is 5.92 Å². The fourth-order valence-electron chi connectivity index (χ4n) is 3.75. The molecule has 1 aliphatic carbocycles. The number of esters is 1. The first-order chi connectivity index (χ1) is 10.2. The molecule has 0 bridgehead atoms. The quantitative estimate of drug-likeness (QED) is 0.789. The largest absolute Gasteiger partial charge is 0.415 e. The third-order valence-electron chi connectivity index (χ3n) is 4.99. The number of rotatable bonds is 4. The summed E-state index contributed by atoms with van der Waals surface area (Å²) >= 11 is 1.49. The van der Waals surface area contributed by atoms with Gasteiger partial charge in [0.2, 0.25) is 0 Å². The minimum absolute atomic E-state index is 0.0360. The maximum atomic E-state index is 12.4. The van der Waals surface area contributed by atoms with Crippen LogP contribution >= 0.6 is 11.3 Å². The summed E-state index contributed by atoms with van der Waals surface area (Å²) in [4.78, 5) is 15.0. The molecule has 1 saturated carbocycles. The normalized spacial score (nSPS) is 30.4. The molecule has 3 nitrogen and oxygen atoms in total. The number of nitrogens with zero attached hydrogens (tertiary/aromatic N) is 1. The van der Waals surface area contributed by atoms with Crippen molar-refractivity contribution in [2.75, 3.05) is 19.6 Å². The second kappa shape index (κ2) is 6.49. The van der Waals surface area contributed by atoms with Crippen LogP contribution in [0.5, 0.6) is 5.06 Å². The molecular formula is C17H25NO2S. The number of ether oxygens (including phenoxy) is 1. The Bertz CT molecular complexity index is 467. The fraction of sp³-hybridized carbons (Fsp3) is 0.706. The Morgan fingerprint density at radius 1 is 1.43 bits per heavy atom. The Labute approximate surface area is 131 Å².